The van der Waals surface area contributed by atoms with Crippen molar-refractivity contribution in [3.05, 3.63) is 29.8 Å². The van der Waals surface area contributed by atoms with E-state index in [1.54, 1.807) is 0 Å². The summed E-state index contributed by atoms with van der Waals surface area (Å²) < 4.78 is 10.9. The van der Waals surface area contributed by atoms with Crippen molar-refractivity contribution in [3.8, 4) is 5.75 Å². The number of aliphatic carboxylic acids is 1. The van der Waals surface area contributed by atoms with E-state index < -0.39 is 11.4 Å². The van der Waals surface area contributed by atoms with E-state index in [9.17, 15) is 9.90 Å². The van der Waals surface area contributed by atoms with Crippen LogP contribution in [0.15, 0.2) is 24.3 Å². The lowest BCUT2D eigenvalue weighted by Gasteiger charge is -2.33. The highest BCUT2D eigenvalue weighted by atomic mass is 16.5. The van der Waals surface area contributed by atoms with Gasteiger partial charge in [0.05, 0.1) is 11.5 Å². The molecule has 1 aromatic carbocycles. The van der Waals surface area contributed by atoms with Gasteiger partial charge >= 0.3 is 5.97 Å². The van der Waals surface area contributed by atoms with Crippen molar-refractivity contribution in [1.29, 1.82) is 0 Å². The molecule has 4 heteroatoms. The van der Waals surface area contributed by atoms with E-state index in [1.165, 1.54) is 0 Å². The Kier molecular flexibility index (Phi) is 4.10. The number of ether oxygens (including phenoxy) is 2. The molecule has 0 amide bonds. The van der Waals surface area contributed by atoms with Gasteiger partial charge in [-0.25, -0.2) is 0 Å². The van der Waals surface area contributed by atoms with Crippen molar-refractivity contribution in [2.45, 2.75) is 38.2 Å². The van der Waals surface area contributed by atoms with Crippen molar-refractivity contribution in [2.24, 2.45) is 0 Å². The summed E-state index contributed by atoms with van der Waals surface area (Å²) in [5.74, 6) is -0.0582. The Morgan fingerprint density at radius 3 is 2.63 bits per heavy atom. The molecule has 0 atom stereocenters. The lowest BCUT2D eigenvalue weighted by Crippen LogP contribution is -2.41. The van der Waals surface area contributed by atoms with Gasteiger partial charge in [0, 0.05) is 13.2 Å². The summed E-state index contributed by atoms with van der Waals surface area (Å²) in [6, 6.07) is 7.43. The first-order chi connectivity index (χ1) is 9.04. The Hall–Kier alpha value is -1.55. The van der Waals surface area contributed by atoms with Gasteiger partial charge in [-0.05, 0) is 44.4 Å². The van der Waals surface area contributed by atoms with Gasteiger partial charge in [-0.3, -0.25) is 4.79 Å². The van der Waals surface area contributed by atoms with Crippen molar-refractivity contribution < 1.29 is 19.4 Å². The fourth-order valence-corrected chi connectivity index (χ4v) is 2.49. The average molecular weight is 264 g/mol. The zero-order chi connectivity index (χ0) is 13.9. The Morgan fingerprint density at radius 1 is 1.37 bits per heavy atom. The quantitative estimate of drug-likeness (QED) is 0.908. The molecule has 1 aliphatic rings. The second-order valence-corrected chi connectivity index (χ2v) is 5.19. The van der Waals surface area contributed by atoms with E-state index in [-0.39, 0.29) is 6.10 Å². The molecule has 1 aromatic rings. The molecule has 0 bridgehead atoms. The van der Waals surface area contributed by atoms with Crippen LogP contribution in [0.1, 0.15) is 32.3 Å². The smallest absolute Gasteiger partial charge is 0.314 e. The molecule has 1 saturated heterocycles. The van der Waals surface area contributed by atoms with Gasteiger partial charge in [0.15, 0.2) is 0 Å². The first-order valence-electron chi connectivity index (χ1n) is 6.63. The van der Waals surface area contributed by atoms with Crippen LogP contribution in [0.4, 0.5) is 0 Å². The Morgan fingerprint density at radius 2 is 2.05 bits per heavy atom. The molecule has 0 saturated carbocycles. The van der Waals surface area contributed by atoms with Crippen LogP contribution in [-0.2, 0) is 14.9 Å². The molecule has 0 radical (unpaired) electrons. The van der Waals surface area contributed by atoms with Gasteiger partial charge in [-0.1, -0.05) is 12.1 Å². The van der Waals surface area contributed by atoms with Crippen LogP contribution >= 0.6 is 0 Å². The Labute approximate surface area is 113 Å². The lowest BCUT2D eigenvalue weighted by atomic mass is 9.74. The zero-order valence-electron chi connectivity index (χ0n) is 11.4. The van der Waals surface area contributed by atoms with Crippen molar-refractivity contribution in [2.75, 3.05) is 13.2 Å². The summed E-state index contributed by atoms with van der Waals surface area (Å²) in [5.41, 5.74) is -0.0318. The second-order valence-electron chi connectivity index (χ2n) is 5.19. The summed E-state index contributed by atoms with van der Waals surface area (Å²) >= 11 is 0. The normalized spacial score (nSPS) is 18.3. The standard InChI is InChI=1S/C15H20O4/c1-11(2)19-13-5-3-4-12(10-13)15(14(16)17)6-8-18-9-7-15/h3-5,10-11H,6-9H2,1-2H3,(H,16,17). The third-order valence-corrected chi connectivity index (χ3v) is 3.51. The monoisotopic (exact) mass is 264 g/mol. The van der Waals surface area contributed by atoms with Crippen LogP contribution in [0.3, 0.4) is 0 Å². The maximum Gasteiger partial charge on any atom is 0.314 e. The Balaban J connectivity index is 2.34. The number of hydrogen-bond acceptors (Lipinski definition) is 3. The van der Waals surface area contributed by atoms with Crippen molar-refractivity contribution >= 4 is 5.97 Å². The molecule has 2 rings (SSSR count). The number of carboxylic acids is 1. The molecule has 0 unspecified atom stereocenters. The third-order valence-electron chi connectivity index (χ3n) is 3.51. The van der Waals surface area contributed by atoms with Crippen LogP contribution in [0.5, 0.6) is 5.75 Å². The second kappa shape index (κ2) is 5.61. The number of benzene rings is 1. The van der Waals surface area contributed by atoms with Crippen molar-refractivity contribution in [3.63, 3.8) is 0 Å². The molecule has 1 N–H and O–H groups in total. The molecule has 4 nitrogen and oxygen atoms in total. The number of carbonyl (C=O) groups is 1. The van der Waals surface area contributed by atoms with E-state index in [0.717, 1.165) is 11.3 Å². The van der Waals surface area contributed by atoms with Gasteiger partial charge in [-0.2, -0.15) is 0 Å². The molecule has 1 aliphatic heterocycles. The van der Waals surface area contributed by atoms with Gasteiger partial charge < -0.3 is 14.6 Å². The van der Waals surface area contributed by atoms with Crippen LogP contribution in [0, 0.1) is 0 Å². The predicted molar refractivity (Wildman–Crippen MR) is 71.6 cm³/mol. The minimum absolute atomic E-state index is 0.0747. The van der Waals surface area contributed by atoms with Crippen LogP contribution in [-0.4, -0.2) is 30.4 Å². The van der Waals surface area contributed by atoms with E-state index in [1.807, 2.05) is 38.1 Å². The zero-order valence-corrected chi connectivity index (χ0v) is 11.4. The minimum atomic E-state index is -0.839. The van der Waals surface area contributed by atoms with Gasteiger partial charge in [0.2, 0.25) is 0 Å². The lowest BCUT2D eigenvalue weighted by molar-refractivity contribution is -0.147. The number of hydrogen-bond donors (Lipinski definition) is 1. The fraction of sp³-hybridized carbons (Fsp3) is 0.533. The third kappa shape index (κ3) is 2.89. The van der Waals surface area contributed by atoms with Gasteiger partial charge in [0.25, 0.3) is 0 Å². The molecule has 1 fully saturated rings. The highest BCUT2D eigenvalue weighted by Crippen LogP contribution is 2.36. The van der Waals surface area contributed by atoms with Crippen molar-refractivity contribution in [1.82, 2.24) is 0 Å². The fourth-order valence-electron chi connectivity index (χ4n) is 2.49. The molecular weight excluding hydrogens is 244 g/mol. The summed E-state index contributed by atoms with van der Waals surface area (Å²) in [7, 11) is 0. The first-order valence-corrected chi connectivity index (χ1v) is 6.63. The first kappa shape index (κ1) is 13.9. The highest BCUT2D eigenvalue weighted by molar-refractivity contribution is 5.81. The molecule has 104 valence electrons. The van der Waals surface area contributed by atoms with E-state index in [0.29, 0.717) is 26.1 Å². The molecule has 0 aromatic heterocycles. The molecule has 1 heterocycles. The molecular formula is C15H20O4. The van der Waals surface area contributed by atoms with Crippen LogP contribution in [0.2, 0.25) is 0 Å². The summed E-state index contributed by atoms with van der Waals surface area (Å²) in [6.45, 7) is 4.88. The van der Waals surface area contributed by atoms with Crippen LogP contribution in [0.25, 0.3) is 0 Å². The van der Waals surface area contributed by atoms with Gasteiger partial charge in [0.1, 0.15) is 5.75 Å². The van der Waals surface area contributed by atoms with Gasteiger partial charge in [-0.15, -0.1) is 0 Å². The predicted octanol–water partition coefficient (Wildman–Crippen LogP) is 2.61. The van der Waals surface area contributed by atoms with E-state index >= 15 is 0 Å². The van der Waals surface area contributed by atoms with E-state index in [4.69, 9.17) is 9.47 Å². The molecule has 0 spiro atoms. The maximum absolute atomic E-state index is 11.7. The number of carboxylic acid groups (broad SMARTS) is 1. The van der Waals surface area contributed by atoms with E-state index in [2.05, 4.69) is 0 Å². The SMILES string of the molecule is CC(C)Oc1cccc(C2(C(=O)O)CCOCC2)c1. The highest BCUT2D eigenvalue weighted by Gasteiger charge is 2.42. The minimum Gasteiger partial charge on any atom is -0.491 e. The Bertz CT molecular complexity index is 447. The number of rotatable bonds is 4. The molecule has 0 aliphatic carbocycles. The topological polar surface area (TPSA) is 55.8 Å². The summed E-state index contributed by atoms with van der Waals surface area (Å²) in [4.78, 5) is 11.7. The largest absolute Gasteiger partial charge is 0.491 e. The maximum atomic E-state index is 11.7. The molecule has 19 heavy (non-hydrogen) atoms. The summed E-state index contributed by atoms with van der Waals surface area (Å²) in [5, 5.41) is 9.62. The average Bonchev–Trinajstić information content (AvgIpc) is 2.39. The van der Waals surface area contributed by atoms with Crippen LogP contribution < -0.4 is 4.74 Å². The summed E-state index contributed by atoms with van der Waals surface area (Å²) in [6.07, 6.45) is 1.09.